The molecular formula is C20H20ClN3O2. The van der Waals surface area contributed by atoms with E-state index in [1.165, 1.54) is 0 Å². The number of aryl methyl sites for hydroxylation is 2. The van der Waals surface area contributed by atoms with E-state index in [1.54, 1.807) is 28.9 Å². The predicted octanol–water partition coefficient (Wildman–Crippen LogP) is 3.89. The summed E-state index contributed by atoms with van der Waals surface area (Å²) in [6, 6.07) is 16.6. The van der Waals surface area contributed by atoms with Gasteiger partial charge in [-0.2, -0.15) is 5.10 Å². The van der Waals surface area contributed by atoms with Crippen molar-refractivity contribution in [3.8, 4) is 5.75 Å². The van der Waals surface area contributed by atoms with Crippen molar-refractivity contribution in [2.45, 2.75) is 20.1 Å². The van der Waals surface area contributed by atoms with Gasteiger partial charge in [-0.3, -0.25) is 9.48 Å². The summed E-state index contributed by atoms with van der Waals surface area (Å²) in [4.78, 5) is 12.3. The Morgan fingerprint density at radius 3 is 2.62 bits per heavy atom. The molecule has 0 saturated carbocycles. The van der Waals surface area contributed by atoms with Gasteiger partial charge in [0.25, 0.3) is 5.91 Å². The van der Waals surface area contributed by atoms with Crippen molar-refractivity contribution in [1.82, 2.24) is 15.1 Å². The molecule has 2 aromatic carbocycles. The average Bonchev–Trinajstić information content (AvgIpc) is 2.96. The lowest BCUT2D eigenvalue weighted by atomic mass is 10.1. The summed E-state index contributed by atoms with van der Waals surface area (Å²) in [5, 5.41) is 7.81. The molecule has 0 aliphatic carbocycles. The Kier molecular flexibility index (Phi) is 5.58. The van der Waals surface area contributed by atoms with E-state index in [4.69, 9.17) is 16.3 Å². The van der Waals surface area contributed by atoms with E-state index >= 15 is 0 Å². The van der Waals surface area contributed by atoms with Gasteiger partial charge in [0.05, 0.1) is 17.9 Å². The Hall–Kier alpha value is -2.79. The van der Waals surface area contributed by atoms with Gasteiger partial charge in [0.1, 0.15) is 12.4 Å². The van der Waals surface area contributed by atoms with Crippen LogP contribution in [0.2, 0.25) is 5.02 Å². The minimum Gasteiger partial charge on any atom is -0.489 e. The average molecular weight is 370 g/mol. The number of rotatable bonds is 6. The normalized spacial score (nSPS) is 10.6. The molecule has 3 aromatic rings. The number of hydrogen-bond acceptors (Lipinski definition) is 3. The quantitative estimate of drug-likeness (QED) is 0.717. The number of aromatic nitrogens is 2. The number of nitrogens with zero attached hydrogens (tertiary/aromatic N) is 2. The molecule has 0 aliphatic heterocycles. The lowest BCUT2D eigenvalue weighted by Crippen LogP contribution is -2.24. The van der Waals surface area contributed by atoms with E-state index in [9.17, 15) is 4.79 Å². The SMILES string of the molecule is Cc1cc(CNC(=O)c2ccc(COc3cccc(Cl)c3)cc2)n(C)n1. The molecule has 3 rings (SSSR count). The smallest absolute Gasteiger partial charge is 0.251 e. The monoisotopic (exact) mass is 369 g/mol. The van der Waals surface area contributed by atoms with Crippen LogP contribution in [0.4, 0.5) is 0 Å². The van der Waals surface area contributed by atoms with Crippen LogP contribution in [0.25, 0.3) is 0 Å². The number of nitrogens with one attached hydrogen (secondary N) is 1. The van der Waals surface area contributed by atoms with Crippen LogP contribution >= 0.6 is 11.6 Å². The molecule has 1 N–H and O–H groups in total. The molecule has 1 amide bonds. The summed E-state index contributed by atoms with van der Waals surface area (Å²) in [5.41, 5.74) is 3.47. The van der Waals surface area contributed by atoms with Crippen LogP contribution in [0, 0.1) is 6.92 Å². The molecule has 1 heterocycles. The summed E-state index contributed by atoms with van der Waals surface area (Å²) in [6.07, 6.45) is 0. The first kappa shape index (κ1) is 18.0. The molecule has 0 bridgehead atoms. The third-order valence-corrected chi connectivity index (χ3v) is 4.18. The number of halogens is 1. The molecular weight excluding hydrogens is 350 g/mol. The zero-order valence-corrected chi connectivity index (χ0v) is 15.5. The molecule has 0 unspecified atom stereocenters. The maximum atomic E-state index is 12.3. The number of ether oxygens (including phenoxy) is 1. The maximum absolute atomic E-state index is 12.3. The lowest BCUT2D eigenvalue weighted by molar-refractivity contribution is 0.0950. The zero-order valence-electron chi connectivity index (χ0n) is 14.7. The van der Waals surface area contributed by atoms with Crippen LogP contribution in [0.5, 0.6) is 5.75 Å². The first-order valence-electron chi connectivity index (χ1n) is 8.26. The van der Waals surface area contributed by atoms with Gasteiger partial charge in [-0.05, 0) is 48.9 Å². The van der Waals surface area contributed by atoms with Crippen LogP contribution in [0.3, 0.4) is 0 Å². The van der Waals surface area contributed by atoms with Crippen molar-refractivity contribution < 1.29 is 9.53 Å². The van der Waals surface area contributed by atoms with Crippen LogP contribution in [0.15, 0.2) is 54.6 Å². The fourth-order valence-electron chi connectivity index (χ4n) is 2.58. The third kappa shape index (κ3) is 4.64. The van der Waals surface area contributed by atoms with E-state index in [0.717, 1.165) is 17.0 Å². The highest BCUT2D eigenvalue weighted by Crippen LogP contribution is 2.18. The van der Waals surface area contributed by atoms with Crippen molar-refractivity contribution in [2.24, 2.45) is 7.05 Å². The molecule has 5 nitrogen and oxygen atoms in total. The summed E-state index contributed by atoms with van der Waals surface area (Å²) >= 11 is 5.94. The van der Waals surface area contributed by atoms with Crippen molar-refractivity contribution >= 4 is 17.5 Å². The summed E-state index contributed by atoms with van der Waals surface area (Å²) in [6.45, 7) is 2.78. The molecule has 26 heavy (non-hydrogen) atoms. The van der Waals surface area contributed by atoms with E-state index < -0.39 is 0 Å². The molecule has 134 valence electrons. The minimum absolute atomic E-state index is 0.119. The van der Waals surface area contributed by atoms with Crippen molar-refractivity contribution in [3.05, 3.63) is 82.1 Å². The molecule has 1 aromatic heterocycles. The molecule has 0 aliphatic rings. The van der Waals surface area contributed by atoms with Gasteiger partial charge in [0, 0.05) is 17.6 Å². The highest BCUT2D eigenvalue weighted by Gasteiger charge is 2.08. The highest BCUT2D eigenvalue weighted by molar-refractivity contribution is 6.30. The molecule has 0 saturated heterocycles. The van der Waals surface area contributed by atoms with Gasteiger partial charge in [0.2, 0.25) is 0 Å². The van der Waals surface area contributed by atoms with Crippen LogP contribution in [-0.2, 0) is 20.2 Å². The predicted molar refractivity (Wildman–Crippen MR) is 101 cm³/mol. The highest BCUT2D eigenvalue weighted by atomic mass is 35.5. The Morgan fingerprint density at radius 1 is 1.19 bits per heavy atom. The fraction of sp³-hybridized carbons (Fsp3) is 0.200. The number of carbonyl (C=O) groups is 1. The first-order chi connectivity index (χ1) is 12.5. The van der Waals surface area contributed by atoms with E-state index in [1.807, 2.05) is 44.3 Å². The second-order valence-electron chi connectivity index (χ2n) is 6.03. The standard InChI is InChI=1S/C20H20ClN3O2/c1-14-10-18(24(2)23-14)12-22-20(25)16-8-6-15(7-9-16)13-26-19-5-3-4-17(21)11-19/h3-11H,12-13H2,1-2H3,(H,22,25). The molecule has 0 radical (unpaired) electrons. The van der Waals surface area contributed by atoms with Gasteiger partial charge in [0.15, 0.2) is 0 Å². The second-order valence-corrected chi connectivity index (χ2v) is 6.46. The lowest BCUT2D eigenvalue weighted by Gasteiger charge is -2.08. The molecule has 6 heteroatoms. The van der Waals surface area contributed by atoms with Crippen molar-refractivity contribution in [2.75, 3.05) is 0 Å². The first-order valence-corrected chi connectivity index (χ1v) is 8.64. The number of amides is 1. The fourth-order valence-corrected chi connectivity index (χ4v) is 2.76. The van der Waals surface area contributed by atoms with Crippen molar-refractivity contribution in [3.63, 3.8) is 0 Å². The van der Waals surface area contributed by atoms with E-state index in [0.29, 0.717) is 29.5 Å². The molecule has 0 atom stereocenters. The Morgan fingerprint density at radius 2 is 1.96 bits per heavy atom. The second kappa shape index (κ2) is 8.06. The van der Waals surface area contributed by atoms with Crippen LogP contribution < -0.4 is 10.1 Å². The van der Waals surface area contributed by atoms with Gasteiger partial charge in [-0.1, -0.05) is 29.8 Å². The Balaban J connectivity index is 1.54. The van der Waals surface area contributed by atoms with Crippen LogP contribution in [0.1, 0.15) is 27.3 Å². The third-order valence-electron chi connectivity index (χ3n) is 3.95. The summed E-state index contributed by atoms with van der Waals surface area (Å²) in [5.74, 6) is 0.594. The maximum Gasteiger partial charge on any atom is 0.251 e. The van der Waals surface area contributed by atoms with Gasteiger partial charge < -0.3 is 10.1 Å². The molecule has 0 spiro atoms. The van der Waals surface area contributed by atoms with Crippen LogP contribution in [-0.4, -0.2) is 15.7 Å². The minimum atomic E-state index is -0.119. The van der Waals surface area contributed by atoms with Gasteiger partial charge in [-0.25, -0.2) is 0 Å². The van der Waals surface area contributed by atoms with E-state index in [2.05, 4.69) is 10.4 Å². The summed E-state index contributed by atoms with van der Waals surface area (Å²) < 4.78 is 7.47. The number of benzene rings is 2. The topological polar surface area (TPSA) is 56.1 Å². The van der Waals surface area contributed by atoms with Gasteiger partial charge >= 0.3 is 0 Å². The van der Waals surface area contributed by atoms with Gasteiger partial charge in [-0.15, -0.1) is 0 Å². The van der Waals surface area contributed by atoms with E-state index in [-0.39, 0.29) is 5.91 Å². The molecule has 0 fully saturated rings. The summed E-state index contributed by atoms with van der Waals surface area (Å²) in [7, 11) is 1.86. The number of carbonyl (C=O) groups excluding carboxylic acids is 1. The number of hydrogen-bond donors (Lipinski definition) is 1. The zero-order chi connectivity index (χ0) is 18.5. The Labute approximate surface area is 157 Å². The Bertz CT molecular complexity index is 904. The largest absolute Gasteiger partial charge is 0.489 e. The van der Waals surface area contributed by atoms with Crippen molar-refractivity contribution in [1.29, 1.82) is 0 Å².